The van der Waals surface area contributed by atoms with Gasteiger partial charge >= 0.3 is 5.97 Å². The topological polar surface area (TPSA) is 85.6 Å². The molecule has 0 aliphatic carbocycles. The minimum atomic E-state index is -0.627. The molecule has 0 spiro atoms. The highest BCUT2D eigenvalue weighted by atomic mass is 32.1. The second-order valence-corrected chi connectivity index (χ2v) is 5.68. The maximum atomic E-state index is 11.8. The maximum absolute atomic E-state index is 11.8. The third kappa shape index (κ3) is 4.05. The van der Waals surface area contributed by atoms with E-state index in [4.69, 9.17) is 9.15 Å². The zero-order chi connectivity index (χ0) is 16.1. The quantitative estimate of drug-likeness (QED) is 0.653. The summed E-state index contributed by atoms with van der Waals surface area (Å²) in [6, 6.07) is 6.22. The number of hydrogen-bond donors (Lipinski definition) is 1. The molecule has 22 heavy (non-hydrogen) atoms. The van der Waals surface area contributed by atoms with E-state index >= 15 is 0 Å². The zero-order valence-corrected chi connectivity index (χ0v) is 12.9. The van der Waals surface area contributed by atoms with E-state index in [0.29, 0.717) is 10.6 Å². The Balaban J connectivity index is 1.82. The van der Waals surface area contributed by atoms with Crippen LogP contribution in [0.5, 0.6) is 0 Å². The lowest BCUT2D eigenvalue weighted by Crippen LogP contribution is -2.30. The van der Waals surface area contributed by atoms with Gasteiger partial charge in [-0.15, -0.1) is 11.3 Å². The van der Waals surface area contributed by atoms with Gasteiger partial charge in [0.05, 0.1) is 17.2 Å². The molecular formula is C15H15NO5S. The van der Waals surface area contributed by atoms with Crippen molar-refractivity contribution in [3.05, 3.63) is 46.0 Å². The first-order valence-corrected chi connectivity index (χ1v) is 7.39. The van der Waals surface area contributed by atoms with Crippen LogP contribution in [0.1, 0.15) is 45.0 Å². The number of carbonyl (C=O) groups excluding carboxylic acids is 3. The van der Waals surface area contributed by atoms with Crippen molar-refractivity contribution in [2.75, 3.05) is 6.61 Å². The van der Waals surface area contributed by atoms with Crippen LogP contribution >= 0.6 is 11.3 Å². The second-order valence-electron chi connectivity index (χ2n) is 4.60. The molecule has 0 bridgehead atoms. The predicted octanol–water partition coefficient (Wildman–Crippen LogP) is 2.58. The highest BCUT2D eigenvalue weighted by Gasteiger charge is 2.16. The molecule has 1 N–H and O–H groups in total. The summed E-state index contributed by atoms with van der Waals surface area (Å²) < 4.78 is 10.1. The molecule has 2 heterocycles. The van der Waals surface area contributed by atoms with E-state index in [2.05, 4.69) is 5.32 Å². The Labute approximate surface area is 131 Å². The van der Waals surface area contributed by atoms with Crippen molar-refractivity contribution in [2.45, 2.75) is 19.9 Å². The van der Waals surface area contributed by atoms with Crippen LogP contribution in [-0.2, 0) is 9.53 Å². The third-order valence-corrected chi connectivity index (χ3v) is 4.00. The van der Waals surface area contributed by atoms with E-state index in [9.17, 15) is 14.4 Å². The van der Waals surface area contributed by atoms with E-state index in [0.717, 1.165) is 11.3 Å². The van der Waals surface area contributed by atoms with Gasteiger partial charge in [-0.3, -0.25) is 9.59 Å². The summed E-state index contributed by atoms with van der Waals surface area (Å²) in [6.45, 7) is 2.79. The average molecular weight is 321 g/mol. The summed E-state index contributed by atoms with van der Waals surface area (Å²) in [5.74, 6) is -0.558. The molecule has 2 aromatic rings. The van der Waals surface area contributed by atoms with Crippen LogP contribution in [0.4, 0.5) is 0 Å². The van der Waals surface area contributed by atoms with E-state index in [-0.39, 0.29) is 16.7 Å². The van der Waals surface area contributed by atoms with Gasteiger partial charge in [0.25, 0.3) is 5.91 Å². The number of hydrogen-bond acceptors (Lipinski definition) is 6. The largest absolute Gasteiger partial charge is 0.467 e. The van der Waals surface area contributed by atoms with Crippen molar-refractivity contribution in [1.82, 2.24) is 5.32 Å². The van der Waals surface area contributed by atoms with Crippen LogP contribution in [0.3, 0.4) is 0 Å². The highest BCUT2D eigenvalue weighted by molar-refractivity contribution is 7.15. The Morgan fingerprint density at radius 3 is 2.59 bits per heavy atom. The molecule has 0 fully saturated rings. The maximum Gasteiger partial charge on any atom is 0.348 e. The minimum Gasteiger partial charge on any atom is -0.467 e. The van der Waals surface area contributed by atoms with E-state index in [1.807, 2.05) is 0 Å². The number of ether oxygens (including phenoxy) is 1. The number of rotatable bonds is 6. The number of thiophene rings is 1. The van der Waals surface area contributed by atoms with Crippen LogP contribution in [0.25, 0.3) is 0 Å². The number of Topliss-reactive ketones (excluding diaryl/α,β-unsaturated/α-hetero) is 1. The van der Waals surface area contributed by atoms with Crippen molar-refractivity contribution in [3.8, 4) is 0 Å². The first-order valence-electron chi connectivity index (χ1n) is 6.58. The molecule has 0 aliphatic rings. The van der Waals surface area contributed by atoms with E-state index < -0.39 is 18.5 Å². The van der Waals surface area contributed by atoms with Gasteiger partial charge < -0.3 is 14.5 Å². The molecule has 6 nitrogen and oxygen atoms in total. The molecular weight excluding hydrogens is 306 g/mol. The third-order valence-electron chi connectivity index (χ3n) is 2.84. The summed E-state index contributed by atoms with van der Waals surface area (Å²) in [5, 5.41) is 2.65. The smallest absolute Gasteiger partial charge is 0.348 e. The van der Waals surface area contributed by atoms with Crippen molar-refractivity contribution < 1.29 is 23.5 Å². The molecule has 2 aromatic heterocycles. The predicted molar refractivity (Wildman–Crippen MR) is 79.9 cm³/mol. The SMILES string of the molecule is CC(=O)c1ccc(C(=O)OCC(=O)N[C@@H](C)c2ccco2)s1. The number of ketones is 1. The standard InChI is InChI=1S/C15H15NO5S/c1-9(11-4-3-7-20-11)16-14(18)8-21-15(19)13-6-5-12(22-13)10(2)17/h3-7,9H,8H2,1-2H3,(H,16,18)/t9-/m0/s1. The summed E-state index contributed by atoms with van der Waals surface area (Å²) in [5.41, 5.74) is 0. The molecule has 116 valence electrons. The number of esters is 1. The van der Waals surface area contributed by atoms with Gasteiger partial charge in [-0.05, 0) is 38.1 Å². The van der Waals surface area contributed by atoms with Gasteiger partial charge in [0.1, 0.15) is 10.6 Å². The lowest BCUT2D eigenvalue weighted by atomic mass is 10.2. The molecule has 0 aromatic carbocycles. The lowest BCUT2D eigenvalue weighted by molar-refractivity contribution is -0.125. The van der Waals surface area contributed by atoms with Crippen LogP contribution < -0.4 is 5.32 Å². The van der Waals surface area contributed by atoms with Crippen molar-refractivity contribution in [3.63, 3.8) is 0 Å². The number of furan rings is 1. The molecule has 1 amide bonds. The second kappa shape index (κ2) is 7.04. The van der Waals surface area contributed by atoms with Crippen LogP contribution in [0, 0.1) is 0 Å². The fraction of sp³-hybridized carbons (Fsp3) is 0.267. The first-order chi connectivity index (χ1) is 10.5. The van der Waals surface area contributed by atoms with E-state index in [1.54, 1.807) is 25.1 Å². The molecule has 0 aliphatic heterocycles. The Kier molecular flexibility index (Phi) is 5.11. The molecule has 0 radical (unpaired) electrons. The van der Waals surface area contributed by atoms with E-state index in [1.165, 1.54) is 19.3 Å². The molecule has 0 unspecified atom stereocenters. The molecule has 0 saturated heterocycles. The average Bonchev–Trinajstić information content (AvgIpc) is 3.15. The molecule has 0 saturated carbocycles. The highest BCUT2D eigenvalue weighted by Crippen LogP contribution is 2.18. The van der Waals surface area contributed by atoms with Gasteiger partial charge in [-0.25, -0.2) is 4.79 Å². The minimum absolute atomic E-state index is 0.117. The lowest BCUT2D eigenvalue weighted by Gasteiger charge is -2.11. The summed E-state index contributed by atoms with van der Waals surface area (Å²) in [6.07, 6.45) is 1.52. The van der Waals surface area contributed by atoms with Gasteiger partial charge in [-0.2, -0.15) is 0 Å². The number of amides is 1. The van der Waals surface area contributed by atoms with Crippen molar-refractivity contribution in [1.29, 1.82) is 0 Å². The summed E-state index contributed by atoms with van der Waals surface area (Å²) >= 11 is 1.04. The van der Waals surface area contributed by atoms with Gasteiger partial charge in [-0.1, -0.05) is 0 Å². The fourth-order valence-electron chi connectivity index (χ4n) is 1.73. The number of carbonyl (C=O) groups is 3. The Bertz CT molecular complexity index is 674. The normalized spacial score (nSPS) is 11.7. The van der Waals surface area contributed by atoms with Crippen LogP contribution in [0.2, 0.25) is 0 Å². The Hall–Kier alpha value is -2.41. The monoisotopic (exact) mass is 321 g/mol. The van der Waals surface area contributed by atoms with Crippen molar-refractivity contribution in [2.24, 2.45) is 0 Å². The number of nitrogens with one attached hydrogen (secondary N) is 1. The van der Waals surface area contributed by atoms with Crippen LogP contribution in [-0.4, -0.2) is 24.3 Å². The van der Waals surface area contributed by atoms with Gasteiger partial charge in [0.15, 0.2) is 12.4 Å². The molecule has 1 atom stereocenters. The fourth-order valence-corrected chi connectivity index (χ4v) is 2.53. The Morgan fingerprint density at radius 2 is 2.00 bits per heavy atom. The Morgan fingerprint density at radius 1 is 1.27 bits per heavy atom. The van der Waals surface area contributed by atoms with Gasteiger partial charge in [0, 0.05) is 0 Å². The summed E-state index contributed by atoms with van der Waals surface area (Å²) in [4.78, 5) is 35.4. The van der Waals surface area contributed by atoms with Gasteiger partial charge in [0.2, 0.25) is 0 Å². The van der Waals surface area contributed by atoms with Crippen LogP contribution in [0.15, 0.2) is 34.9 Å². The molecule has 2 rings (SSSR count). The molecule has 7 heteroatoms. The first kappa shape index (κ1) is 16.0. The van der Waals surface area contributed by atoms with Crippen molar-refractivity contribution >= 4 is 29.0 Å². The summed E-state index contributed by atoms with van der Waals surface area (Å²) in [7, 11) is 0. The zero-order valence-electron chi connectivity index (χ0n) is 12.1.